The van der Waals surface area contributed by atoms with E-state index in [1.165, 1.54) is 5.56 Å². The van der Waals surface area contributed by atoms with Crippen LogP contribution in [0.5, 0.6) is 0 Å². The van der Waals surface area contributed by atoms with Crippen LogP contribution in [-0.2, 0) is 13.6 Å². The molecule has 1 atom stereocenters. The number of aromatic nitrogens is 2. The molecule has 22 heavy (non-hydrogen) atoms. The second kappa shape index (κ2) is 7.05. The maximum Gasteiger partial charge on any atom is 0.0947 e. The number of hydrogen-bond acceptors (Lipinski definition) is 4. The van der Waals surface area contributed by atoms with Crippen LogP contribution in [0, 0.1) is 0 Å². The lowest BCUT2D eigenvalue weighted by molar-refractivity contribution is 0.0927. The van der Waals surface area contributed by atoms with Crippen molar-refractivity contribution in [3.8, 4) is 0 Å². The van der Waals surface area contributed by atoms with Crippen LogP contribution in [-0.4, -0.2) is 52.1 Å². The second-order valence-corrected chi connectivity index (χ2v) is 6.01. The van der Waals surface area contributed by atoms with Gasteiger partial charge in [-0.2, -0.15) is 0 Å². The number of imidazole rings is 1. The van der Waals surface area contributed by atoms with Gasteiger partial charge >= 0.3 is 0 Å². The topological polar surface area (TPSA) is 50.3 Å². The van der Waals surface area contributed by atoms with Gasteiger partial charge in [0.15, 0.2) is 0 Å². The lowest BCUT2D eigenvalue weighted by atomic mass is 10.1. The molecule has 1 aliphatic rings. The summed E-state index contributed by atoms with van der Waals surface area (Å²) in [5, 5.41) is 0. The summed E-state index contributed by atoms with van der Waals surface area (Å²) in [6.07, 6.45) is 3.93. The zero-order valence-electron chi connectivity index (χ0n) is 13.2. The molecule has 2 aromatic rings. The zero-order valence-corrected chi connectivity index (χ0v) is 13.2. The first-order chi connectivity index (χ1) is 10.8. The molecule has 0 radical (unpaired) electrons. The predicted molar refractivity (Wildman–Crippen MR) is 88.3 cm³/mol. The van der Waals surface area contributed by atoms with E-state index >= 15 is 0 Å². The standard InChI is InChI=1S/C17H25N5/c1-20-13-16(19-14-20)17(11-18)22-9-7-21(8-10-22)12-15-5-3-2-4-6-15/h2-6,13-14,17H,7-12,18H2,1H3. The zero-order chi connectivity index (χ0) is 15.4. The third-order valence-corrected chi connectivity index (χ3v) is 4.39. The van der Waals surface area contributed by atoms with Gasteiger partial charge in [-0.15, -0.1) is 0 Å². The van der Waals surface area contributed by atoms with Gasteiger partial charge in [-0.1, -0.05) is 30.3 Å². The van der Waals surface area contributed by atoms with Crippen molar-refractivity contribution in [2.45, 2.75) is 12.6 Å². The fourth-order valence-electron chi connectivity index (χ4n) is 3.14. The van der Waals surface area contributed by atoms with Crippen LogP contribution >= 0.6 is 0 Å². The van der Waals surface area contributed by atoms with Gasteiger partial charge in [-0.05, 0) is 5.56 Å². The van der Waals surface area contributed by atoms with E-state index < -0.39 is 0 Å². The summed E-state index contributed by atoms with van der Waals surface area (Å²) in [4.78, 5) is 9.45. The van der Waals surface area contributed by atoms with E-state index in [-0.39, 0.29) is 6.04 Å². The lowest BCUT2D eigenvalue weighted by Gasteiger charge is -2.38. The number of hydrogen-bond donors (Lipinski definition) is 1. The van der Waals surface area contributed by atoms with Crippen molar-refractivity contribution in [3.05, 3.63) is 54.1 Å². The van der Waals surface area contributed by atoms with Crippen LogP contribution in [0.25, 0.3) is 0 Å². The molecule has 0 saturated carbocycles. The van der Waals surface area contributed by atoms with Crippen molar-refractivity contribution in [1.82, 2.24) is 19.4 Å². The van der Waals surface area contributed by atoms with Gasteiger partial charge in [0.1, 0.15) is 0 Å². The summed E-state index contributed by atoms with van der Waals surface area (Å²) < 4.78 is 1.99. The van der Waals surface area contributed by atoms with E-state index in [1.807, 2.05) is 17.9 Å². The van der Waals surface area contributed by atoms with Crippen molar-refractivity contribution >= 4 is 0 Å². The van der Waals surface area contributed by atoms with Gasteiger partial charge in [0.2, 0.25) is 0 Å². The minimum absolute atomic E-state index is 0.236. The molecular formula is C17H25N5. The molecule has 2 heterocycles. The Labute approximate surface area is 132 Å². The number of nitrogens with two attached hydrogens (primary N) is 1. The maximum absolute atomic E-state index is 6.00. The molecule has 1 fully saturated rings. The molecule has 1 saturated heterocycles. The lowest BCUT2D eigenvalue weighted by Crippen LogP contribution is -2.48. The van der Waals surface area contributed by atoms with Crippen molar-refractivity contribution in [2.24, 2.45) is 12.8 Å². The van der Waals surface area contributed by atoms with Crippen LogP contribution in [0.4, 0.5) is 0 Å². The van der Waals surface area contributed by atoms with Gasteiger partial charge in [-0.25, -0.2) is 4.98 Å². The van der Waals surface area contributed by atoms with Crippen LogP contribution in [0.2, 0.25) is 0 Å². The normalized spacial score (nSPS) is 18.5. The van der Waals surface area contributed by atoms with E-state index in [0.29, 0.717) is 6.54 Å². The van der Waals surface area contributed by atoms with Crippen molar-refractivity contribution in [3.63, 3.8) is 0 Å². The Morgan fingerprint density at radius 1 is 1.14 bits per heavy atom. The predicted octanol–water partition coefficient (Wildman–Crippen LogP) is 1.24. The summed E-state index contributed by atoms with van der Waals surface area (Å²) in [5.41, 5.74) is 8.47. The Hall–Kier alpha value is -1.69. The van der Waals surface area contributed by atoms with E-state index in [4.69, 9.17) is 5.73 Å². The fourth-order valence-corrected chi connectivity index (χ4v) is 3.14. The molecule has 5 nitrogen and oxygen atoms in total. The van der Waals surface area contributed by atoms with Gasteiger partial charge in [0, 0.05) is 52.5 Å². The highest BCUT2D eigenvalue weighted by Gasteiger charge is 2.25. The highest BCUT2D eigenvalue weighted by Crippen LogP contribution is 2.20. The number of aryl methyl sites for hydroxylation is 1. The summed E-state index contributed by atoms with van der Waals surface area (Å²) in [5.74, 6) is 0. The minimum Gasteiger partial charge on any atom is -0.340 e. The molecule has 1 aliphatic heterocycles. The summed E-state index contributed by atoms with van der Waals surface area (Å²) in [7, 11) is 2.00. The third-order valence-electron chi connectivity index (χ3n) is 4.39. The van der Waals surface area contributed by atoms with Crippen molar-refractivity contribution in [1.29, 1.82) is 0 Å². The highest BCUT2D eigenvalue weighted by atomic mass is 15.3. The molecule has 0 aliphatic carbocycles. The molecule has 1 aromatic carbocycles. The van der Waals surface area contributed by atoms with E-state index in [0.717, 1.165) is 38.4 Å². The summed E-state index contributed by atoms with van der Waals surface area (Å²) >= 11 is 0. The Morgan fingerprint density at radius 2 is 1.86 bits per heavy atom. The Balaban J connectivity index is 1.56. The Bertz CT molecular complexity index is 572. The van der Waals surface area contributed by atoms with Gasteiger partial charge in [0.05, 0.1) is 18.1 Å². The average Bonchev–Trinajstić information content (AvgIpc) is 2.97. The van der Waals surface area contributed by atoms with Crippen molar-refractivity contribution < 1.29 is 0 Å². The van der Waals surface area contributed by atoms with Crippen LogP contribution in [0.3, 0.4) is 0 Å². The van der Waals surface area contributed by atoms with Gasteiger partial charge < -0.3 is 10.3 Å². The average molecular weight is 299 g/mol. The van der Waals surface area contributed by atoms with E-state index in [9.17, 15) is 0 Å². The minimum atomic E-state index is 0.236. The summed E-state index contributed by atoms with van der Waals surface area (Å²) in [6, 6.07) is 10.9. The molecule has 0 bridgehead atoms. The molecule has 1 unspecified atom stereocenters. The van der Waals surface area contributed by atoms with Gasteiger partial charge in [-0.3, -0.25) is 9.80 Å². The number of nitrogens with zero attached hydrogens (tertiary/aromatic N) is 4. The molecule has 5 heteroatoms. The fraction of sp³-hybridized carbons (Fsp3) is 0.471. The third kappa shape index (κ3) is 3.55. The largest absolute Gasteiger partial charge is 0.340 e. The molecule has 0 spiro atoms. The first kappa shape index (κ1) is 15.2. The Kier molecular flexibility index (Phi) is 4.87. The highest BCUT2D eigenvalue weighted by molar-refractivity contribution is 5.14. The SMILES string of the molecule is Cn1cnc(C(CN)N2CCN(Cc3ccccc3)CC2)c1. The van der Waals surface area contributed by atoms with Crippen LogP contribution in [0.1, 0.15) is 17.3 Å². The molecule has 118 valence electrons. The number of rotatable bonds is 5. The first-order valence-electron chi connectivity index (χ1n) is 7.94. The van der Waals surface area contributed by atoms with E-state index in [2.05, 4.69) is 51.3 Å². The molecule has 0 amide bonds. The molecule has 1 aromatic heterocycles. The molecule has 3 rings (SSSR count). The Morgan fingerprint density at radius 3 is 2.45 bits per heavy atom. The summed E-state index contributed by atoms with van der Waals surface area (Å²) in [6.45, 7) is 5.91. The number of benzene rings is 1. The van der Waals surface area contributed by atoms with Crippen molar-refractivity contribution in [2.75, 3.05) is 32.7 Å². The quantitative estimate of drug-likeness (QED) is 0.902. The molecule has 2 N–H and O–H groups in total. The monoisotopic (exact) mass is 299 g/mol. The molecular weight excluding hydrogens is 274 g/mol. The smallest absolute Gasteiger partial charge is 0.0947 e. The maximum atomic E-state index is 6.00. The van der Waals surface area contributed by atoms with Crippen LogP contribution < -0.4 is 5.73 Å². The second-order valence-electron chi connectivity index (χ2n) is 6.01. The van der Waals surface area contributed by atoms with E-state index in [1.54, 1.807) is 0 Å². The first-order valence-corrected chi connectivity index (χ1v) is 7.94. The number of piperazine rings is 1. The van der Waals surface area contributed by atoms with Gasteiger partial charge in [0.25, 0.3) is 0 Å². The van der Waals surface area contributed by atoms with Crippen LogP contribution in [0.15, 0.2) is 42.9 Å².